The summed E-state index contributed by atoms with van der Waals surface area (Å²) in [6.07, 6.45) is 5.49. The maximum atomic E-state index is 4.79. The summed E-state index contributed by atoms with van der Waals surface area (Å²) in [5.41, 5.74) is 3.46. The number of hydrogen-bond acceptors (Lipinski definition) is 4. The predicted molar refractivity (Wildman–Crippen MR) is 74.8 cm³/mol. The van der Waals surface area contributed by atoms with Crippen LogP contribution in [0.3, 0.4) is 0 Å². The second-order valence-electron chi connectivity index (χ2n) is 4.75. The van der Waals surface area contributed by atoms with Crippen molar-refractivity contribution in [2.24, 2.45) is 0 Å². The largest absolute Gasteiger partial charge is 0.312 e. The van der Waals surface area contributed by atoms with Gasteiger partial charge in [-0.15, -0.1) is 11.3 Å². The van der Waals surface area contributed by atoms with Crippen LogP contribution >= 0.6 is 11.3 Å². The molecule has 0 fully saturated rings. The van der Waals surface area contributed by atoms with Crippen LogP contribution in [-0.4, -0.2) is 17.0 Å². The lowest BCUT2D eigenvalue weighted by atomic mass is 9.98. The summed E-state index contributed by atoms with van der Waals surface area (Å²) in [5.74, 6) is 0. The molecule has 3 rings (SSSR count). The van der Waals surface area contributed by atoms with Gasteiger partial charge in [-0.2, -0.15) is 0 Å². The molecule has 3 nitrogen and oxygen atoms in total. The van der Waals surface area contributed by atoms with Crippen molar-refractivity contribution >= 4 is 11.3 Å². The first kappa shape index (κ1) is 11.8. The van der Waals surface area contributed by atoms with E-state index in [1.54, 1.807) is 0 Å². The van der Waals surface area contributed by atoms with E-state index in [1.165, 1.54) is 23.4 Å². The van der Waals surface area contributed by atoms with E-state index >= 15 is 0 Å². The zero-order valence-corrected chi connectivity index (χ0v) is 11.5. The molecule has 1 unspecified atom stereocenters. The highest BCUT2D eigenvalue weighted by atomic mass is 32.1. The van der Waals surface area contributed by atoms with Crippen molar-refractivity contribution in [3.8, 4) is 10.6 Å². The van der Waals surface area contributed by atoms with Gasteiger partial charge in [-0.05, 0) is 45.4 Å². The number of thiazole rings is 1. The van der Waals surface area contributed by atoms with Crippen molar-refractivity contribution < 1.29 is 0 Å². The van der Waals surface area contributed by atoms with Crippen LogP contribution in [0.1, 0.15) is 35.1 Å². The van der Waals surface area contributed by atoms with Crippen molar-refractivity contribution in [2.45, 2.75) is 32.2 Å². The van der Waals surface area contributed by atoms with Crippen LogP contribution < -0.4 is 5.32 Å². The Labute approximate surface area is 111 Å². The molecule has 1 aliphatic carbocycles. The number of nitrogens with zero attached hydrogens (tertiary/aromatic N) is 2. The molecule has 0 saturated carbocycles. The zero-order valence-electron chi connectivity index (χ0n) is 10.7. The summed E-state index contributed by atoms with van der Waals surface area (Å²) in [6, 6.07) is 4.64. The third-order valence-electron chi connectivity index (χ3n) is 3.46. The van der Waals surface area contributed by atoms with Gasteiger partial charge >= 0.3 is 0 Å². The number of rotatable bonds is 2. The van der Waals surface area contributed by atoms with E-state index < -0.39 is 0 Å². The smallest absolute Gasteiger partial charge is 0.125 e. The number of aromatic nitrogens is 2. The molecular formula is C14H17N3S. The molecule has 2 aromatic rings. The predicted octanol–water partition coefficient (Wildman–Crippen LogP) is 3.11. The SMILES string of the molecule is CNC1CCCc2nc(-c3ccc(C)nc3)sc21. The number of fused-ring (bicyclic) bond motifs is 1. The first-order valence-corrected chi connectivity index (χ1v) is 7.19. The summed E-state index contributed by atoms with van der Waals surface area (Å²) < 4.78 is 0. The van der Waals surface area contributed by atoms with Gasteiger partial charge in [0.2, 0.25) is 0 Å². The minimum absolute atomic E-state index is 0.485. The van der Waals surface area contributed by atoms with E-state index in [0.29, 0.717) is 6.04 Å². The van der Waals surface area contributed by atoms with Gasteiger partial charge in [-0.25, -0.2) is 4.98 Å². The molecular weight excluding hydrogens is 242 g/mol. The molecule has 18 heavy (non-hydrogen) atoms. The molecule has 1 N–H and O–H groups in total. The van der Waals surface area contributed by atoms with Crippen molar-refractivity contribution in [2.75, 3.05) is 7.05 Å². The average molecular weight is 259 g/mol. The molecule has 0 spiro atoms. The number of hydrogen-bond donors (Lipinski definition) is 1. The van der Waals surface area contributed by atoms with Crippen molar-refractivity contribution in [3.63, 3.8) is 0 Å². The Hall–Kier alpha value is -1.26. The lowest BCUT2D eigenvalue weighted by Crippen LogP contribution is -2.19. The van der Waals surface area contributed by atoms with Gasteiger partial charge < -0.3 is 5.32 Å². The Balaban J connectivity index is 1.99. The minimum atomic E-state index is 0.485. The van der Waals surface area contributed by atoms with Gasteiger partial charge in [-0.3, -0.25) is 4.98 Å². The fourth-order valence-corrected chi connectivity index (χ4v) is 3.66. The second-order valence-corrected chi connectivity index (χ2v) is 5.78. The van der Waals surface area contributed by atoms with E-state index in [2.05, 4.69) is 16.4 Å². The van der Waals surface area contributed by atoms with E-state index in [-0.39, 0.29) is 0 Å². The minimum Gasteiger partial charge on any atom is -0.312 e. The summed E-state index contributed by atoms with van der Waals surface area (Å²) >= 11 is 1.81. The van der Waals surface area contributed by atoms with E-state index in [9.17, 15) is 0 Å². The maximum absolute atomic E-state index is 4.79. The Morgan fingerprint density at radius 2 is 2.28 bits per heavy atom. The van der Waals surface area contributed by atoms with Gasteiger partial charge in [-0.1, -0.05) is 0 Å². The summed E-state index contributed by atoms with van der Waals surface area (Å²) in [5, 5.41) is 4.49. The molecule has 94 valence electrons. The van der Waals surface area contributed by atoms with Gasteiger partial charge in [0.25, 0.3) is 0 Å². The highest BCUT2D eigenvalue weighted by Gasteiger charge is 2.23. The van der Waals surface area contributed by atoms with Crippen molar-refractivity contribution in [1.29, 1.82) is 0 Å². The van der Waals surface area contributed by atoms with Crippen LogP contribution in [0.2, 0.25) is 0 Å². The Kier molecular flexibility index (Phi) is 3.14. The molecule has 2 heterocycles. The normalized spacial score (nSPS) is 18.7. The monoisotopic (exact) mass is 259 g/mol. The van der Waals surface area contributed by atoms with Crippen LogP contribution in [0.4, 0.5) is 0 Å². The van der Waals surface area contributed by atoms with Crippen LogP contribution in [0.15, 0.2) is 18.3 Å². The number of pyridine rings is 1. The zero-order chi connectivity index (χ0) is 12.5. The third-order valence-corrected chi connectivity index (χ3v) is 4.72. The first-order valence-electron chi connectivity index (χ1n) is 6.38. The summed E-state index contributed by atoms with van der Waals surface area (Å²) in [6.45, 7) is 2.01. The molecule has 4 heteroatoms. The lowest BCUT2D eigenvalue weighted by molar-refractivity contribution is 0.501. The summed E-state index contributed by atoms with van der Waals surface area (Å²) in [7, 11) is 2.03. The Morgan fingerprint density at radius 1 is 1.39 bits per heavy atom. The van der Waals surface area contributed by atoms with Gasteiger partial charge in [0, 0.05) is 28.4 Å². The quantitative estimate of drug-likeness (QED) is 0.900. The molecule has 0 aliphatic heterocycles. The molecule has 0 amide bonds. The average Bonchev–Trinajstić information content (AvgIpc) is 2.83. The highest BCUT2D eigenvalue weighted by molar-refractivity contribution is 7.15. The topological polar surface area (TPSA) is 37.8 Å². The molecule has 2 aromatic heterocycles. The molecule has 0 bridgehead atoms. The molecule has 0 radical (unpaired) electrons. The van der Waals surface area contributed by atoms with Crippen molar-refractivity contribution in [3.05, 3.63) is 34.6 Å². The maximum Gasteiger partial charge on any atom is 0.125 e. The fraction of sp³-hybridized carbons (Fsp3) is 0.429. The third kappa shape index (κ3) is 2.06. The standard InChI is InChI=1S/C14H17N3S/c1-9-6-7-10(8-16-9)14-17-12-5-3-4-11(15-2)13(12)18-14/h6-8,11,15H,3-5H2,1-2H3. The summed E-state index contributed by atoms with van der Waals surface area (Å²) in [4.78, 5) is 10.6. The lowest BCUT2D eigenvalue weighted by Gasteiger charge is -2.19. The van der Waals surface area contributed by atoms with E-state index in [1.807, 2.05) is 37.6 Å². The second kappa shape index (κ2) is 4.78. The molecule has 1 atom stereocenters. The highest BCUT2D eigenvalue weighted by Crippen LogP contribution is 2.37. The molecule has 1 aliphatic rings. The van der Waals surface area contributed by atoms with Crippen LogP contribution in [0, 0.1) is 6.92 Å². The first-order chi connectivity index (χ1) is 8.78. The van der Waals surface area contributed by atoms with Crippen molar-refractivity contribution in [1.82, 2.24) is 15.3 Å². The van der Waals surface area contributed by atoms with Crippen LogP contribution in [-0.2, 0) is 6.42 Å². The molecule has 0 saturated heterocycles. The molecule has 0 aromatic carbocycles. The Bertz CT molecular complexity index is 545. The van der Waals surface area contributed by atoms with Gasteiger partial charge in [0.15, 0.2) is 0 Å². The van der Waals surface area contributed by atoms with E-state index in [0.717, 1.165) is 22.7 Å². The van der Waals surface area contributed by atoms with Crippen LogP contribution in [0.25, 0.3) is 10.6 Å². The fourth-order valence-electron chi connectivity index (χ4n) is 2.41. The Morgan fingerprint density at radius 3 is 3.00 bits per heavy atom. The van der Waals surface area contributed by atoms with Gasteiger partial charge in [0.05, 0.1) is 5.69 Å². The number of aryl methyl sites for hydroxylation is 2. The van der Waals surface area contributed by atoms with Gasteiger partial charge in [0.1, 0.15) is 5.01 Å². The van der Waals surface area contributed by atoms with Crippen LogP contribution in [0.5, 0.6) is 0 Å². The van der Waals surface area contributed by atoms with E-state index in [4.69, 9.17) is 4.98 Å². The number of nitrogens with one attached hydrogen (secondary N) is 1.